The summed E-state index contributed by atoms with van der Waals surface area (Å²) in [5.41, 5.74) is 2.24. The van der Waals surface area contributed by atoms with Crippen molar-refractivity contribution in [2.24, 2.45) is 0 Å². The Morgan fingerprint density at radius 2 is 1.86 bits per heavy atom. The molecule has 0 bridgehead atoms. The molecule has 2 aliphatic heterocycles. The van der Waals surface area contributed by atoms with E-state index in [1.165, 1.54) is 6.07 Å². The highest BCUT2D eigenvalue weighted by molar-refractivity contribution is 5.57. The molecule has 4 rings (SSSR count). The van der Waals surface area contributed by atoms with Gasteiger partial charge in [0.05, 0.1) is 24.5 Å². The number of pyridine rings is 1. The van der Waals surface area contributed by atoms with Crippen molar-refractivity contribution in [3.05, 3.63) is 40.5 Å². The predicted molar refractivity (Wildman–Crippen MR) is 98.5 cm³/mol. The molecule has 0 amide bonds. The lowest BCUT2D eigenvalue weighted by Gasteiger charge is -2.37. The molecule has 1 saturated heterocycles. The van der Waals surface area contributed by atoms with Gasteiger partial charge in [-0.2, -0.15) is 5.26 Å². The van der Waals surface area contributed by atoms with Gasteiger partial charge in [-0.1, -0.05) is 0 Å². The average molecular weight is 386 g/mol. The molecule has 28 heavy (non-hydrogen) atoms. The number of halogens is 2. The Bertz CT molecular complexity index is 921. The summed E-state index contributed by atoms with van der Waals surface area (Å²) in [6.45, 7) is 5.21. The van der Waals surface area contributed by atoms with Crippen molar-refractivity contribution in [2.45, 2.75) is 26.4 Å². The van der Waals surface area contributed by atoms with Crippen molar-refractivity contribution >= 4 is 11.6 Å². The standard InChI is InChI=1S/C19H20F2N6O/c1-12-23-16(18(20)21)9-17(24-12)26-3-5-27(6-4-26)19-13(10-22)8-14-11-28-7-2-15(14)25-19/h8-9,18H,2-7,11H2,1H3. The molecule has 7 nitrogen and oxygen atoms in total. The molecule has 0 aliphatic carbocycles. The highest BCUT2D eigenvalue weighted by atomic mass is 19.3. The summed E-state index contributed by atoms with van der Waals surface area (Å²) in [6.07, 6.45) is -1.88. The zero-order valence-corrected chi connectivity index (χ0v) is 15.5. The third-order valence-corrected chi connectivity index (χ3v) is 5.00. The largest absolute Gasteiger partial charge is 0.376 e. The number of rotatable bonds is 3. The number of ether oxygens (including phenoxy) is 1. The quantitative estimate of drug-likeness (QED) is 0.801. The number of fused-ring (bicyclic) bond motifs is 1. The topological polar surface area (TPSA) is 78.2 Å². The number of piperazine rings is 1. The maximum absolute atomic E-state index is 13.0. The Morgan fingerprint density at radius 1 is 1.11 bits per heavy atom. The summed E-state index contributed by atoms with van der Waals surface area (Å²) in [4.78, 5) is 16.9. The van der Waals surface area contributed by atoms with Gasteiger partial charge in [0.1, 0.15) is 29.2 Å². The van der Waals surface area contributed by atoms with Crippen LogP contribution >= 0.6 is 0 Å². The Labute approximate surface area is 161 Å². The van der Waals surface area contributed by atoms with Gasteiger partial charge in [0.25, 0.3) is 6.43 Å². The van der Waals surface area contributed by atoms with Gasteiger partial charge in [-0.15, -0.1) is 0 Å². The Hall–Kier alpha value is -2.86. The van der Waals surface area contributed by atoms with E-state index in [4.69, 9.17) is 9.72 Å². The van der Waals surface area contributed by atoms with Gasteiger partial charge in [-0.25, -0.2) is 23.7 Å². The van der Waals surface area contributed by atoms with Crippen molar-refractivity contribution in [2.75, 3.05) is 42.6 Å². The highest BCUT2D eigenvalue weighted by Crippen LogP contribution is 2.27. The van der Waals surface area contributed by atoms with Gasteiger partial charge in [-0.3, -0.25) is 0 Å². The zero-order valence-electron chi connectivity index (χ0n) is 15.5. The van der Waals surface area contributed by atoms with Gasteiger partial charge >= 0.3 is 0 Å². The number of nitriles is 1. The van der Waals surface area contributed by atoms with Crippen LogP contribution in [0.1, 0.15) is 34.8 Å². The van der Waals surface area contributed by atoms with Crippen molar-refractivity contribution in [1.29, 1.82) is 5.26 Å². The Kier molecular flexibility index (Phi) is 5.05. The molecule has 9 heteroatoms. The molecule has 2 aliphatic rings. The van der Waals surface area contributed by atoms with E-state index >= 15 is 0 Å². The number of hydrogen-bond acceptors (Lipinski definition) is 7. The summed E-state index contributed by atoms with van der Waals surface area (Å²) in [7, 11) is 0. The van der Waals surface area contributed by atoms with Crippen LogP contribution in [0.3, 0.4) is 0 Å². The van der Waals surface area contributed by atoms with Crippen molar-refractivity contribution in [3.8, 4) is 6.07 Å². The SMILES string of the molecule is Cc1nc(C(F)F)cc(N2CCN(c3nc4c(cc3C#N)COCC4)CC2)n1. The van der Waals surface area contributed by atoms with Crippen molar-refractivity contribution < 1.29 is 13.5 Å². The van der Waals surface area contributed by atoms with Crippen LogP contribution in [0.2, 0.25) is 0 Å². The number of hydrogen-bond donors (Lipinski definition) is 0. The number of alkyl halides is 2. The second kappa shape index (κ2) is 7.64. The fourth-order valence-corrected chi connectivity index (χ4v) is 3.59. The lowest BCUT2D eigenvalue weighted by molar-refractivity contribution is 0.109. The van der Waals surface area contributed by atoms with Crippen molar-refractivity contribution in [3.63, 3.8) is 0 Å². The molecule has 2 aromatic heterocycles. The molecule has 0 radical (unpaired) electrons. The molecule has 0 N–H and O–H groups in total. The molecule has 146 valence electrons. The van der Waals surface area contributed by atoms with Crippen LogP contribution in [0.25, 0.3) is 0 Å². The van der Waals surface area contributed by atoms with E-state index < -0.39 is 6.43 Å². The summed E-state index contributed by atoms with van der Waals surface area (Å²) in [6, 6.07) is 5.46. The number of aryl methyl sites for hydroxylation is 1. The lowest BCUT2D eigenvalue weighted by atomic mass is 10.1. The molecule has 0 spiro atoms. The van der Waals surface area contributed by atoms with Crippen LogP contribution in [0.5, 0.6) is 0 Å². The van der Waals surface area contributed by atoms with Crippen molar-refractivity contribution in [1.82, 2.24) is 15.0 Å². The summed E-state index contributed by atoms with van der Waals surface area (Å²) < 4.78 is 31.5. The third kappa shape index (κ3) is 3.60. The number of anilines is 2. The number of nitrogens with zero attached hydrogens (tertiary/aromatic N) is 6. The van der Waals surface area contributed by atoms with E-state index in [9.17, 15) is 14.0 Å². The second-order valence-electron chi connectivity index (χ2n) is 6.85. The van der Waals surface area contributed by atoms with Gasteiger partial charge in [-0.05, 0) is 13.0 Å². The molecular formula is C19H20F2N6O. The Morgan fingerprint density at radius 3 is 2.57 bits per heavy atom. The summed E-state index contributed by atoms with van der Waals surface area (Å²) >= 11 is 0. The molecule has 0 atom stereocenters. The summed E-state index contributed by atoms with van der Waals surface area (Å²) in [5, 5.41) is 9.54. The molecule has 0 unspecified atom stereocenters. The average Bonchev–Trinajstić information content (AvgIpc) is 2.72. The molecule has 1 fully saturated rings. The molecular weight excluding hydrogens is 366 g/mol. The van der Waals surface area contributed by atoms with E-state index in [0.717, 1.165) is 17.7 Å². The first-order valence-electron chi connectivity index (χ1n) is 9.19. The van der Waals surface area contributed by atoms with Crippen LogP contribution in [0, 0.1) is 18.3 Å². The van der Waals surface area contributed by atoms with Crippen LogP contribution in [0.15, 0.2) is 12.1 Å². The smallest absolute Gasteiger partial charge is 0.280 e. The summed E-state index contributed by atoms with van der Waals surface area (Å²) in [5.74, 6) is 1.54. The van der Waals surface area contributed by atoms with Crippen LogP contribution in [-0.4, -0.2) is 47.7 Å². The van der Waals surface area contributed by atoms with Gasteiger partial charge in [0, 0.05) is 44.2 Å². The van der Waals surface area contributed by atoms with Crippen LogP contribution < -0.4 is 9.80 Å². The van der Waals surface area contributed by atoms with E-state index in [1.54, 1.807) is 6.92 Å². The third-order valence-electron chi connectivity index (χ3n) is 5.00. The first kappa shape index (κ1) is 18.5. The number of aromatic nitrogens is 3. The Balaban J connectivity index is 1.53. The minimum atomic E-state index is -2.62. The lowest BCUT2D eigenvalue weighted by Crippen LogP contribution is -2.47. The maximum atomic E-state index is 13.0. The highest BCUT2D eigenvalue weighted by Gasteiger charge is 2.24. The van der Waals surface area contributed by atoms with Gasteiger partial charge in [0.15, 0.2) is 0 Å². The predicted octanol–water partition coefficient (Wildman–Crippen LogP) is 2.39. The molecule has 2 aromatic rings. The first-order chi connectivity index (χ1) is 13.5. The van der Waals surface area contributed by atoms with E-state index in [2.05, 4.69) is 20.9 Å². The fraction of sp³-hybridized carbons (Fsp3) is 0.474. The maximum Gasteiger partial charge on any atom is 0.280 e. The van der Waals surface area contributed by atoms with E-state index in [0.29, 0.717) is 62.4 Å². The second-order valence-corrected chi connectivity index (χ2v) is 6.85. The van der Waals surface area contributed by atoms with Gasteiger partial charge in [0.2, 0.25) is 0 Å². The van der Waals surface area contributed by atoms with Gasteiger partial charge < -0.3 is 14.5 Å². The molecule has 4 heterocycles. The molecule has 0 saturated carbocycles. The minimum Gasteiger partial charge on any atom is -0.376 e. The fourth-order valence-electron chi connectivity index (χ4n) is 3.59. The molecule has 0 aromatic carbocycles. The normalized spacial score (nSPS) is 16.8. The minimum absolute atomic E-state index is 0.254. The van der Waals surface area contributed by atoms with E-state index in [1.807, 2.05) is 11.0 Å². The van der Waals surface area contributed by atoms with Crippen LogP contribution in [-0.2, 0) is 17.8 Å². The zero-order chi connectivity index (χ0) is 19.7. The van der Waals surface area contributed by atoms with Crippen LogP contribution in [0.4, 0.5) is 20.4 Å². The van der Waals surface area contributed by atoms with E-state index in [-0.39, 0.29) is 5.69 Å². The monoisotopic (exact) mass is 386 g/mol. The first-order valence-corrected chi connectivity index (χ1v) is 9.19.